The Kier molecular flexibility index (Phi) is 10.7. The number of alkyl halides is 3. The van der Waals surface area contributed by atoms with Crippen LogP contribution in [0.2, 0.25) is 0 Å². The van der Waals surface area contributed by atoms with E-state index in [0.717, 1.165) is 25.7 Å². The quantitative estimate of drug-likeness (QED) is 0.381. The van der Waals surface area contributed by atoms with E-state index in [-0.39, 0.29) is 6.42 Å². The molecule has 0 aliphatic rings. The first kappa shape index (κ1) is 18.7. The van der Waals surface area contributed by atoms with Crippen molar-refractivity contribution in [2.24, 2.45) is 0 Å². The van der Waals surface area contributed by atoms with E-state index < -0.39 is 18.4 Å². The lowest BCUT2D eigenvalue weighted by Gasteiger charge is -2.02. The molecule has 0 spiro atoms. The van der Waals surface area contributed by atoms with Gasteiger partial charge in [-0.25, -0.2) is 0 Å². The van der Waals surface area contributed by atoms with Crippen LogP contribution < -0.4 is 0 Å². The SMILES string of the molecule is CCC/C=C\C/C=C\C/C=C\CCCC(=O)C(F)(F)F. The summed E-state index contributed by atoms with van der Waals surface area (Å²) in [4.78, 5) is 10.6. The highest BCUT2D eigenvalue weighted by molar-refractivity contribution is 5.83. The lowest BCUT2D eigenvalue weighted by atomic mass is 10.1. The Hall–Kier alpha value is -1.32. The van der Waals surface area contributed by atoms with Crippen LogP contribution >= 0.6 is 0 Å². The van der Waals surface area contributed by atoms with Gasteiger partial charge in [-0.05, 0) is 32.1 Å². The zero-order valence-corrected chi connectivity index (χ0v) is 12.0. The monoisotopic (exact) mass is 288 g/mol. The molecule has 20 heavy (non-hydrogen) atoms. The maximum absolute atomic E-state index is 11.9. The topological polar surface area (TPSA) is 17.1 Å². The molecule has 0 radical (unpaired) electrons. The first-order valence-corrected chi connectivity index (χ1v) is 7.03. The molecule has 0 rings (SSSR count). The average Bonchev–Trinajstić information content (AvgIpc) is 2.38. The van der Waals surface area contributed by atoms with E-state index in [0.29, 0.717) is 6.42 Å². The van der Waals surface area contributed by atoms with Gasteiger partial charge in [-0.2, -0.15) is 13.2 Å². The van der Waals surface area contributed by atoms with Crippen LogP contribution in [0.1, 0.15) is 51.9 Å². The summed E-state index contributed by atoms with van der Waals surface area (Å²) < 4.78 is 35.7. The number of hydrogen-bond acceptors (Lipinski definition) is 1. The first-order valence-electron chi connectivity index (χ1n) is 7.03. The van der Waals surface area contributed by atoms with E-state index in [9.17, 15) is 18.0 Å². The Morgan fingerprint density at radius 3 is 1.90 bits per heavy atom. The molecule has 1 nitrogen and oxygen atoms in total. The van der Waals surface area contributed by atoms with Gasteiger partial charge >= 0.3 is 6.18 Å². The van der Waals surface area contributed by atoms with Crippen molar-refractivity contribution in [3.05, 3.63) is 36.5 Å². The number of rotatable bonds is 10. The highest BCUT2D eigenvalue weighted by atomic mass is 19.4. The Morgan fingerprint density at radius 1 is 0.900 bits per heavy atom. The van der Waals surface area contributed by atoms with Crippen LogP contribution in [0.4, 0.5) is 13.2 Å². The van der Waals surface area contributed by atoms with Crippen molar-refractivity contribution in [2.45, 2.75) is 58.0 Å². The van der Waals surface area contributed by atoms with Crippen molar-refractivity contribution in [1.82, 2.24) is 0 Å². The van der Waals surface area contributed by atoms with Crippen LogP contribution in [-0.2, 0) is 4.79 Å². The van der Waals surface area contributed by atoms with Crippen LogP contribution in [0.5, 0.6) is 0 Å². The van der Waals surface area contributed by atoms with Crippen molar-refractivity contribution in [2.75, 3.05) is 0 Å². The lowest BCUT2D eigenvalue weighted by Crippen LogP contribution is -2.22. The Bertz CT molecular complexity index is 338. The fraction of sp³-hybridized carbons (Fsp3) is 0.562. The van der Waals surface area contributed by atoms with Crippen molar-refractivity contribution in [3.63, 3.8) is 0 Å². The minimum Gasteiger partial charge on any atom is -0.290 e. The summed E-state index contributed by atoms with van der Waals surface area (Å²) in [7, 11) is 0. The van der Waals surface area contributed by atoms with E-state index >= 15 is 0 Å². The number of hydrogen-bond donors (Lipinski definition) is 0. The molecule has 0 aromatic carbocycles. The van der Waals surface area contributed by atoms with Crippen molar-refractivity contribution in [1.29, 1.82) is 0 Å². The molecular formula is C16H23F3O. The van der Waals surface area contributed by atoms with E-state index in [1.54, 1.807) is 0 Å². The number of carbonyl (C=O) groups excluding carboxylic acids is 1. The molecule has 0 fully saturated rings. The second kappa shape index (κ2) is 11.5. The van der Waals surface area contributed by atoms with Gasteiger partial charge in [0, 0.05) is 6.42 Å². The standard InChI is InChI=1S/C16H23F3O/c1-2-3-4-5-6-7-8-9-10-11-12-13-14-15(20)16(17,18)19/h4-5,7-8,10-11H,2-3,6,9,12-14H2,1H3/b5-4-,8-7-,11-10-. The van der Waals surface area contributed by atoms with Crippen molar-refractivity contribution < 1.29 is 18.0 Å². The molecule has 0 heterocycles. The van der Waals surface area contributed by atoms with Crippen LogP contribution in [0.3, 0.4) is 0 Å². The minimum absolute atomic E-state index is 0.248. The molecule has 4 heteroatoms. The normalized spacial score (nSPS) is 13.0. The van der Waals surface area contributed by atoms with E-state index in [1.807, 2.05) is 18.2 Å². The van der Waals surface area contributed by atoms with Gasteiger partial charge in [0.1, 0.15) is 0 Å². The summed E-state index contributed by atoms with van der Waals surface area (Å²) in [5.41, 5.74) is 0. The zero-order valence-electron chi connectivity index (χ0n) is 12.0. The molecule has 0 aromatic rings. The van der Waals surface area contributed by atoms with Crippen LogP contribution in [0, 0.1) is 0 Å². The number of unbranched alkanes of at least 4 members (excludes halogenated alkanes) is 2. The van der Waals surface area contributed by atoms with E-state index in [2.05, 4.69) is 25.2 Å². The van der Waals surface area contributed by atoms with Gasteiger partial charge in [0.25, 0.3) is 0 Å². The minimum atomic E-state index is -4.68. The third-order valence-corrected chi connectivity index (χ3v) is 2.59. The maximum atomic E-state index is 11.9. The number of halogens is 3. The second-order valence-electron chi connectivity index (χ2n) is 4.49. The summed E-state index contributed by atoms with van der Waals surface area (Å²) >= 11 is 0. The molecule has 114 valence electrons. The largest absolute Gasteiger partial charge is 0.449 e. The molecule has 0 aliphatic heterocycles. The van der Waals surface area contributed by atoms with Crippen LogP contribution in [0.15, 0.2) is 36.5 Å². The molecule has 0 aliphatic carbocycles. The Morgan fingerprint density at radius 2 is 1.40 bits per heavy atom. The summed E-state index contributed by atoms with van der Waals surface area (Å²) in [5, 5.41) is 0. The second-order valence-corrected chi connectivity index (χ2v) is 4.49. The van der Waals surface area contributed by atoms with Crippen molar-refractivity contribution in [3.8, 4) is 0 Å². The molecule has 0 atom stereocenters. The maximum Gasteiger partial charge on any atom is 0.449 e. The van der Waals surface area contributed by atoms with Gasteiger partial charge in [-0.3, -0.25) is 4.79 Å². The molecule has 0 saturated carbocycles. The zero-order chi connectivity index (χ0) is 15.3. The lowest BCUT2D eigenvalue weighted by molar-refractivity contribution is -0.171. The fourth-order valence-corrected chi connectivity index (χ4v) is 1.47. The van der Waals surface area contributed by atoms with Gasteiger partial charge in [-0.15, -0.1) is 0 Å². The van der Waals surface area contributed by atoms with E-state index in [1.165, 1.54) is 0 Å². The number of carbonyl (C=O) groups is 1. The summed E-state index contributed by atoms with van der Waals surface area (Å²) in [6.45, 7) is 2.13. The molecule has 0 saturated heterocycles. The molecular weight excluding hydrogens is 265 g/mol. The van der Waals surface area contributed by atoms with Gasteiger partial charge < -0.3 is 0 Å². The molecule has 0 bridgehead atoms. The highest BCUT2D eigenvalue weighted by Gasteiger charge is 2.36. The third kappa shape index (κ3) is 11.8. The number of Topliss-reactive ketones (excluding diaryl/α,β-unsaturated/α-hetero) is 1. The number of ketones is 1. The fourth-order valence-electron chi connectivity index (χ4n) is 1.47. The van der Waals surface area contributed by atoms with Gasteiger partial charge in [-0.1, -0.05) is 49.8 Å². The Balaban J connectivity index is 3.54. The first-order chi connectivity index (χ1) is 9.48. The summed E-state index contributed by atoms with van der Waals surface area (Å²) in [6, 6.07) is 0. The number of allylic oxidation sites excluding steroid dienone is 6. The summed E-state index contributed by atoms with van der Waals surface area (Å²) in [5.74, 6) is -1.63. The Labute approximate surface area is 119 Å². The third-order valence-electron chi connectivity index (χ3n) is 2.59. The van der Waals surface area contributed by atoms with Gasteiger partial charge in [0.2, 0.25) is 5.78 Å². The molecule has 0 aromatic heterocycles. The van der Waals surface area contributed by atoms with Crippen LogP contribution in [-0.4, -0.2) is 12.0 Å². The van der Waals surface area contributed by atoms with E-state index in [4.69, 9.17) is 0 Å². The van der Waals surface area contributed by atoms with Crippen LogP contribution in [0.25, 0.3) is 0 Å². The molecule has 0 amide bonds. The predicted octanol–water partition coefficient (Wildman–Crippen LogP) is 5.54. The van der Waals surface area contributed by atoms with Gasteiger partial charge in [0.15, 0.2) is 0 Å². The molecule has 0 N–H and O–H groups in total. The smallest absolute Gasteiger partial charge is 0.290 e. The van der Waals surface area contributed by atoms with Crippen molar-refractivity contribution >= 4 is 5.78 Å². The van der Waals surface area contributed by atoms with Gasteiger partial charge in [0.05, 0.1) is 0 Å². The highest BCUT2D eigenvalue weighted by Crippen LogP contribution is 2.19. The average molecular weight is 288 g/mol. The summed E-state index contributed by atoms with van der Waals surface area (Å²) in [6.07, 6.45) is 11.7. The molecule has 0 unspecified atom stereocenters. The predicted molar refractivity (Wildman–Crippen MR) is 76.5 cm³/mol.